The van der Waals surface area contributed by atoms with E-state index in [9.17, 15) is 0 Å². The molecule has 15 heavy (non-hydrogen) atoms. The van der Waals surface area contributed by atoms with Gasteiger partial charge in [-0.2, -0.15) is 0 Å². The minimum atomic E-state index is 0.241. The fraction of sp³-hybridized carbons (Fsp3) is 0.818. The largest absolute Gasteiger partial charge is 0.327 e. The van der Waals surface area contributed by atoms with Gasteiger partial charge in [-0.05, 0) is 19.3 Å². The van der Waals surface area contributed by atoms with Gasteiger partial charge in [0.05, 0.1) is 0 Å². The van der Waals surface area contributed by atoms with Crippen molar-refractivity contribution in [2.45, 2.75) is 58.0 Å². The molecule has 0 spiro atoms. The van der Waals surface area contributed by atoms with E-state index < -0.39 is 0 Å². The van der Waals surface area contributed by atoms with Crippen LogP contribution < -0.4 is 5.73 Å². The monoisotopic (exact) mass is 208 g/mol. The van der Waals surface area contributed by atoms with E-state index in [1.54, 1.807) is 0 Å². The van der Waals surface area contributed by atoms with E-state index in [1.165, 1.54) is 12.8 Å². The van der Waals surface area contributed by atoms with Gasteiger partial charge in [-0.3, -0.25) is 0 Å². The van der Waals surface area contributed by atoms with Gasteiger partial charge in [-0.15, -0.1) is 10.2 Å². The Bertz CT molecular complexity index is 318. The summed E-state index contributed by atoms with van der Waals surface area (Å²) in [7, 11) is 0. The fourth-order valence-electron chi connectivity index (χ4n) is 2.23. The predicted molar refractivity (Wildman–Crippen MR) is 59.5 cm³/mol. The van der Waals surface area contributed by atoms with Crippen LogP contribution in [-0.4, -0.2) is 20.8 Å². The van der Waals surface area contributed by atoms with E-state index in [0.29, 0.717) is 0 Å². The van der Waals surface area contributed by atoms with Crippen LogP contribution in [0, 0.1) is 0 Å². The maximum Gasteiger partial charge on any atom is 0.134 e. The standard InChI is InChI=1S/C11H20N4/c1-2-5-9(12)8-11-14-13-10-6-3-4-7-15(10)11/h9H,2-8,12H2,1H3. The highest BCUT2D eigenvalue weighted by Crippen LogP contribution is 2.15. The third-order valence-corrected chi connectivity index (χ3v) is 3.04. The first kappa shape index (κ1) is 10.6. The van der Waals surface area contributed by atoms with E-state index in [2.05, 4.69) is 21.7 Å². The van der Waals surface area contributed by atoms with Crippen molar-refractivity contribution >= 4 is 0 Å². The fourth-order valence-corrected chi connectivity index (χ4v) is 2.23. The molecular formula is C11H20N4. The number of nitrogens with zero attached hydrogens (tertiary/aromatic N) is 3. The number of nitrogens with two attached hydrogens (primary N) is 1. The van der Waals surface area contributed by atoms with Crippen LogP contribution >= 0.6 is 0 Å². The average molecular weight is 208 g/mol. The molecule has 0 fully saturated rings. The van der Waals surface area contributed by atoms with Crippen LogP contribution in [-0.2, 0) is 19.4 Å². The van der Waals surface area contributed by atoms with Crippen molar-refractivity contribution in [3.63, 3.8) is 0 Å². The summed E-state index contributed by atoms with van der Waals surface area (Å²) < 4.78 is 2.26. The third-order valence-electron chi connectivity index (χ3n) is 3.04. The molecule has 1 atom stereocenters. The first-order valence-electron chi connectivity index (χ1n) is 5.97. The summed E-state index contributed by atoms with van der Waals surface area (Å²) >= 11 is 0. The Morgan fingerprint density at radius 3 is 3.07 bits per heavy atom. The van der Waals surface area contributed by atoms with Gasteiger partial charge in [-0.25, -0.2) is 0 Å². The number of aryl methyl sites for hydroxylation is 1. The molecule has 0 saturated carbocycles. The van der Waals surface area contributed by atoms with Crippen molar-refractivity contribution in [3.05, 3.63) is 11.6 Å². The zero-order valence-corrected chi connectivity index (χ0v) is 9.45. The molecule has 1 aromatic heterocycles. The van der Waals surface area contributed by atoms with E-state index in [4.69, 9.17) is 5.73 Å². The van der Waals surface area contributed by atoms with Crippen LogP contribution in [0.15, 0.2) is 0 Å². The van der Waals surface area contributed by atoms with Gasteiger partial charge in [0.25, 0.3) is 0 Å². The topological polar surface area (TPSA) is 56.7 Å². The van der Waals surface area contributed by atoms with Crippen LogP contribution in [0.3, 0.4) is 0 Å². The summed E-state index contributed by atoms with van der Waals surface area (Å²) in [6.45, 7) is 3.25. The summed E-state index contributed by atoms with van der Waals surface area (Å²) in [6.07, 6.45) is 6.67. The second kappa shape index (κ2) is 4.75. The van der Waals surface area contributed by atoms with Gasteiger partial charge in [0, 0.05) is 25.4 Å². The van der Waals surface area contributed by atoms with Gasteiger partial charge in [-0.1, -0.05) is 13.3 Å². The molecule has 1 aromatic rings. The highest BCUT2D eigenvalue weighted by Gasteiger charge is 2.16. The van der Waals surface area contributed by atoms with E-state index in [1.807, 2.05) is 0 Å². The predicted octanol–water partition coefficient (Wildman–Crippen LogP) is 1.28. The molecule has 2 rings (SSSR count). The Morgan fingerprint density at radius 1 is 1.40 bits per heavy atom. The number of aromatic nitrogens is 3. The SMILES string of the molecule is CCCC(N)Cc1nnc2n1CCCC2. The molecule has 4 heteroatoms. The molecule has 4 nitrogen and oxygen atoms in total. The van der Waals surface area contributed by atoms with Crippen molar-refractivity contribution in [3.8, 4) is 0 Å². The van der Waals surface area contributed by atoms with E-state index in [-0.39, 0.29) is 6.04 Å². The molecule has 0 saturated heterocycles. The summed E-state index contributed by atoms with van der Waals surface area (Å²) in [6, 6.07) is 0.241. The lowest BCUT2D eigenvalue weighted by atomic mass is 10.1. The van der Waals surface area contributed by atoms with Gasteiger partial charge < -0.3 is 10.3 Å². The molecular weight excluding hydrogens is 188 g/mol. The molecule has 1 aliphatic rings. The molecule has 84 valence electrons. The van der Waals surface area contributed by atoms with Crippen molar-refractivity contribution < 1.29 is 0 Å². The number of rotatable bonds is 4. The van der Waals surface area contributed by atoms with Gasteiger partial charge in [0.1, 0.15) is 11.6 Å². The molecule has 2 N–H and O–H groups in total. The van der Waals surface area contributed by atoms with Crippen LogP contribution in [0.5, 0.6) is 0 Å². The minimum absolute atomic E-state index is 0.241. The molecule has 1 aliphatic heterocycles. The molecule has 1 unspecified atom stereocenters. The highest BCUT2D eigenvalue weighted by molar-refractivity contribution is 5.00. The second-order valence-electron chi connectivity index (χ2n) is 4.39. The number of hydrogen-bond donors (Lipinski definition) is 1. The molecule has 0 radical (unpaired) electrons. The van der Waals surface area contributed by atoms with Gasteiger partial charge in [0.15, 0.2) is 0 Å². The Kier molecular flexibility index (Phi) is 3.36. The van der Waals surface area contributed by atoms with E-state index >= 15 is 0 Å². The smallest absolute Gasteiger partial charge is 0.134 e. The lowest BCUT2D eigenvalue weighted by molar-refractivity contribution is 0.491. The van der Waals surface area contributed by atoms with Crippen LogP contribution in [0.1, 0.15) is 44.3 Å². The quantitative estimate of drug-likeness (QED) is 0.811. The van der Waals surface area contributed by atoms with Gasteiger partial charge >= 0.3 is 0 Å². The lowest BCUT2D eigenvalue weighted by Gasteiger charge is -2.16. The highest BCUT2D eigenvalue weighted by atomic mass is 15.3. The first-order chi connectivity index (χ1) is 7.31. The first-order valence-corrected chi connectivity index (χ1v) is 5.97. The number of fused-ring (bicyclic) bond motifs is 1. The summed E-state index contributed by atoms with van der Waals surface area (Å²) in [5.74, 6) is 2.24. The molecule has 0 amide bonds. The van der Waals surface area contributed by atoms with Crippen LogP contribution in [0.4, 0.5) is 0 Å². The van der Waals surface area contributed by atoms with Crippen molar-refractivity contribution in [1.82, 2.24) is 14.8 Å². The molecule has 0 aliphatic carbocycles. The minimum Gasteiger partial charge on any atom is -0.327 e. The Hall–Kier alpha value is -0.900. The molecule has 2 heterocycles. The average Bonchev–Trinajstić information content (AvgIpc) is 2.62. The number of hydrogen-bond acceptors (Lipinski definition) is 3. The van der Waals surface area contributed by atoms with Crippen molar-refractivity contribution in [1.29, 1.82) is 0 Å². The second-order valence-corrected chi connectivity index (χ2v) is 4.39. The Morgan fingerprint density at radius 2 is 2.27 bits per heavy atom. The van der Waals surface area contributed by atoms with Crippen LogP contribution in [0.25, 0.3) is 0 Å². The summed E-state index contributed by atoms with van der Waals surface area (Å²) in [4.78, 5) is 0. The van der Waals surface area contributed by atoms with Crippen molar-refractivity contribution in [2.75, 3.05) is 0 Å². The summed E-state index contributed by atoms with van der Waals surface area (Å²) in [5.41, 5.74) is 6.03. The zero-order valence-electron chi connectivity index (χ0n) is 9.45. The van der Waals surface area contributed by atoms with E-state index in [0.717, 1.165) is 43.9 Å². The van der Waals surface area contributed by atoms with Crippen molar-refractivity contribution in [2.24, 2.45) is 5.73 Å². The van der Waals surface area contributed by atoms with Crippen LogP contribution in [0.2, 0.25) is 0 Å². The molecule has 0 bridgehead atoms. The maximum atomic E-state index is 6.03. The molecule has 0 aromatic carbocycles. The summed E-state index contributed by atoms with van der Waals surface area (Å²) in [5, 5.41) is 8.48. The maximum absolute atomic E-state index is 6.03. The Balaban J connectivity index is 2.05. The lowest BCUT2D eigenvalue weighted by Crippen LogP contribution is -2.25. The van der Waals surface area contributed by atoms with Gasteiger partial charge in [0.2, 0.25) is 0 Å². The normalized spacial score (nSPS) is 17.5. The zero-order chi connectivity index (χ0) is 10.7. The Labute approximate surface area is 90.9 Å². The third kappa shape index (κ3) is 2.37.